The van der Waals surface area contributed by atoms with Crippen LogP contribution in [0.25, 0.3) is 0 Å². The molecule has 1 aromatic carbocycles. The third-order valence-corrected chi connectivity index (χ3v) is 6.47. The van der Waals surface area contributed by atoms with Gasteiger partial charge in [-0.25, -0.2) is 4.39 Å². The van der Waals surface area contributed by atoms with Gasteiger partial charge in [0.2, 0.25) is 0 Å². The van der Waals surface area contributed by atoms with Crippen molar-refractivity contribution >= 4 is 11.6 Å². The average molecular weight is 307 g/mol. The van der Waals surface area contributed by atoms with Gasteiger partial charge in [0.25, 0.3) is 0 Å². The van der Waals surface area contributed by atoms with Gasteiger partial charge in [0, 0.05) is 5.38 Å². The van der Waals surface area contributed by atoms with Gasteiger partial charge in [-0.3, -0.25) is 0 Å². The lowest BCUT2D eigenvalue weighted by atomic mass is 9.48. The van der Waals surface area contributed by atoms with Crippen LogP contribution in [0.15, 0.2) is 24.3 Å². The normalized spacial score (nSPS) is 38.7. The number of hydrogen-bond donors (Lipinski definition) is 0. The molecule has 0 nitrogen and oxygen atoms in total. The van der Waals surface area contributed by atoms with Crippen LogP contribution >= 0.6 is 11.6 Å². The fourth-order valence-electron chi connectivity index (χ4n) is 6.00. The van der Waals surface area contributed by atoms with Crippen molar-refractivity contribution < 1.29 is 4.39 Å². The summed E-state index contributed by atoms with van der Waals surface area (Å²) in [7, 11) is 0. The Morgan fingerprint density at radius 2 is 1.71 bits per heavy atom. The molecule has 114 valence electrons. The zero-order chi connectivity index (χ0) is 14.4. The molecule has 4 saturated carbocycles. The minimum atomic E-state index is -0.147. The molecule has 0 aromatic heterocycles. The van der Waals surface area contributed by atoms with E-state index in [0.717, 1.165) is 36.2 Å². The Bertz CT molecular complexity index is 489. The predicted molar refractivity (Wildman–Crippen MR) is 85.0 cm³/mol. The number of halogens is 2. The van der Waals surface area contributed by atoms with Crippen LogP contribution in [-0.4, -0.2) is 5.38 Å². The molecule has 0 heterocycles. The van der Waals surface area contributed by atoms with Gasteiger partial charge in [-0.05, 0) is 92.2 Å². The van der Waals surface area contributed by atoms with Crippen molar-refractivity contribution in [2.75, 3.05) is 0 Å². The first-order chi connectivity index (χ1) is 10.1. The molecule has 5 rings (SSSR count). The van der Waals surface area contributed by atoms with Crippen molar-refractivity contribution in [1.82, 2.24) is 0 Å². The first-order valence-corrected chi connectivity index (χ1v) is 8.92. The van der Waals surface area contributed by atoms with Gasteiger partial charge < -0.3 is 0 Å². The lowest BCUT2D eigenvalue weighted by Gasteiger charge is -2.57. The van der Waals surface area contributed by atoms with Crippen molar-refractivity contribution in [2.24, 2.45) is 23.2 Å². The summed E-state index contributed by atoms with van der Waals surface area (Å²) in [5.41, 5.74) is 1.56. The molecule has 4 fully saturated rings. The summed E-state index contributed by atoms with van der Waals surface area (Å²) in [4.78, 5) is 0. The topological polar surface area (TPSA) is 0 Å². The minimum absolute atomic E-state index is 0.147. The minimum Gasteiger partial charge on any atom is -0.207 e. The Labute approximate surface area is 132 Å². The molecule has 0 N–H and O–H groups in total. The highest BCUT2D eigenvalue weighted by atomic mass is 35.5. The number of alkyl halides is 1. The zero-order valence-corrected chi connectivity index (χ0v) is 13.3. The Hall–Kier alpha value is -0.560. The van der Waals surface area contributed by atoms with Crippen LogP contribution in [0.2, 0.25) is 0 Å². The molecule has 4 aliphatic rings. The molecule has 21 heavy (non-hydrogen) atoms. The largest absolute Gasteiger partial charge is 0.207 e. The van der Waals surface area contributed by atoms with Crippen LogP contribution in [0.1, 0.15) is 50.5 Å². The molecule has 0 radical (unpaired) electrons. The Morgan fingerprint density at radius 1 is 1.10 bits per heavy atom. The van der Waals surface area contributed by atoms with Crippen LogP contribution in [0.3, 0.4) is 0 Å². The van der Waals surface area contributed by atoms with Gasteiger partial charge in [0.05, 0.1) is 0 Å². The van der Waals surface area contributed by atoms with E-state index in [1.165, 1.54) is 44.6 Å². The van der Waals surface area contributed by atoms with Crippen molar-refractivity contribution in [2.45, 2.75) is 56.7 Å². The van der Waals surface area contributed by atoms with E-state index in [0.29, 0.717) is 5.41 Å². The summed E-state index contributed by atoms with van der Waals surface area (Å²) in [5.74, 6) is 2.80. The molecule has 4 bridgehead atoms. The Balaban J connectivity index is 1.43. The third kappa shape index (κ3) is 2.86. The summed E-state index contributed by atoms with van der Waals surface area (Å²) in [5, 5.41) is 0.156. The van der Waals surface area contributed by atoms with Crippen molar-refractivity contribution in [3.63, 3.8) is 0 Å². The van der Waals surface area contributed by atoms with Crippen LogP contribution in [-0.2, 0) is 6.42 Å². The van der Waals surface area contributed by atoms with Gasteiger partial charge in [0.1, 0.15) is 5.82 Å². The maximum absolute atomic E-state index is 13.3. The SMILES string of the molecule is Fc1cccc(CC(Cl)CC23CC4CC(CC(C4)C2)C3)c1. The lowest BCUT2D eigenvalue weighted by molar-refractivity contribution is -0.0574. The molecule has 0 saturated heterocycles. The summed E-state index contributed by atoms with van der Waals surface area (Å²) in [6.07, 6.45) is 10.6. The first-order valence-electron chi connectivity index (χ1n) is 8.49. The van der Waals surface area contributed by atoms with E-state index >= 15 is 0 Å². The highest BCUT2D eigenvalue weighted by Crippen LogP contribution is 2.61. The Kier molecular flexibility index (Phi) is 3.52. The van der Waals surface area contributed by atoms with Gasteiger partial charge in [-0.2, -0.15) is 0 Å². The van der Waals surface area contributed by atoms with Crippen LogP contribution in [0.5, 0.6) is 0 Å². The standard InChI is InChI=1S/C19H24ClF/c20-17(7-13-2-1-3-18(21)8-13)12-19-9-14-4-15(10-19)6-16(5-14)11-19/h1-3,8,14-17H,4-7,9-12H2. The maximum Gasteiger partial charge on any atom is 0.123 e. The predicted octanol–water partition coefficient (Wildman–Crippen LogP) is 5.58. The van der Waals surface area contributed by atoms with Crippen LogP contribution in [0, 0.1) is 29.0 Å². The van der Waals surface area contributed by atoms with E-state index in [2.05, 4.69) is 0 Å². The van der Waals surface area contributed by atoms with E-state index in [9.17, 15) is 4.39 Å². The van der Waals surface area contributed by atoms with Gasteiger partial charge in [0.15, 0.2) is 0 Å². The smallest absolute Gasteiger partial charge is 0.123 e. The van der Waals surface area contributed by atoms with Crippen molar-refractivity contribution in [1.29, 1.82) is 0 Å². The molecule has 2 heteroatoms. The fraction of sp³-hybridized carbons (Fsp3) is 0.684. The fourth-order valence-corrected chi connectivity index (χ4v) is 6.51. The molecule has 1 unspecified atom stereocenters. The molecule has 0 amide bonds. The summed E-state index contributed by atoms with van der Waals surface area (Å²) >= 11 is 6.68. The molecular formula is C19H24ClF. The highest BCUT2D eigenvalue weighted by Gasteiger charge is 2.51. The second kappa shape index (κ2) is 5.26. The highest BCUT2D eigenvalue weighted by molar-refractivity contribution is 6.20. The Morgan fingerprint density at radius 3 is 2.29 bits per heavy atom. The summed E-state index contributed by atoms with van der Waals surface area (Å²) in [6.45, 7) is 0. The maximum atomic E-state index is 13.3. The quantitative estimate of drug-likeness (QED) is 0.637. The molecule has 1 atom stereocenters. The molecule has 1 aromatic rings. The molecular weight excluding hydrogens is 283 g/mol. The zero-order valence-electron chi connectivity index (χ0n) is 12.5. The second-order valence-electron chi connectivity index (χ2n) is 8.05. The molecule has 0 spiro atoms. The monoisotopic (exact) mass is 306 g/mol. The van der Waals surface area contributed by atoms with E-state index in [1.807, 2.05) is 6.07 Å². The molecule has 4 aliphatic carbocycles. The number of hydrogen-bond acceptors (Lipinski definition) is 0. The van der Waals surface area contributed by atoms with E-state index < -0.39 is 0 Å². The number of benzene rings is 1. The third-order valence-electron chi connectivity index (χ3n) is 6.17. The second-order valence-corrected chi connectivity index (χ2v) is 8.67. The summed E-state index contributed by atoms with van der Waals surface area (Å²) in [6, 6.07) is 6.93. The summed E-state index contributed by atoms with van der Waals surface area (Å²) < 4.78 is 13.3. The molecule has 0 aliphatic heterocycles. The van der Waals surface area contributed by atoms with Gasteiger partial charge in [-0.1, -0.05) is 12.1 Å². The van der Waals surface area contributed by atoms with Crippen molar-refractivity contribution in [3.8, 4) is 0 Å². The lowest BCUT2D eigenvalue weighted by Crippen LogP contribution is -2.47. The van der Waals surface area contributed by atoms with E-state index in [1.54, 1.807) is 12.1 Å². The van der Waals surface area contributed by atoms with Crippen LogP contribution in [0.4, 0.5) is 4.39 Å². The number of rotatable bonds is 4. The van der Waals surface area contributed by atoms with Crippen LogP contribution < -0.4 is 0 Å². The first kappa shape index (κ1) is 14.1. The van der Waals surface area contributed by atoms with Gasteiger partial charge in [-0.15, -0.1) is 11.6 Å². The van der Waals surface area contributed by atoms with Gasteiger partial charge >= 0.3 is 0 Å². The van der Waals surface area contributed by atoms with E-state index in [-0.39, 0.29) is 11.2 Å². The van der Waals surface area contributed by atoms with Crippen molar-refractivity contribution in [3.05, 3.63) is 35.6 Å². The average Bonchev–Trinajstić information content (AvgIpc) is 2.35. The van der Waals surface area contributed by atoms with E-state index in [4.69, 9.17) is 11.6 Å².